The van der Waals surface area contributed by atoms with E-state index in [1.807, 2.05) is 51.1 Å². The zero-order chi connectivity index (χ0) is 22.8. The van der Waals surface area contributed by atoms with Crippen LogP contribution in [0.5, 0.6) is 5.75 Å². The maximum atomic E-state index is 12.1. The van der Waals surface area contributed by atoms with Crippen molar-refractivity contribution < 1.29 is 14.3 Å². The second-order valence-electron chi connectivity index (χ2n) is 7.48. The highest BCUT2D eigenvalue weighted by atomic mass is 35.5. The number of hydrogen-bond acceptors (Lipinski definition) is 5. The topological polar surface area (TPSA) is 53.3 Å². The van der Waals surface area contributed by atoms with E-state index in [-0.39, 0.29) is 5.97 Å². The lowest BCUT2D eigenvalue weighted by atomic mass is 10.1. The fourth-order valence-electron chi connectivity index (χ4n) is 3.74. The number of carbonyl (C=O) groups excluding carboxylic acids is 1. The van der Waals surface area contributed by atoms with Gasteiger partial charge in [0.2, 0.25) is 0 Å². The molecule has 166 valence electrons. The van der Waals surface area contributed by atoms with E-state index in [9.17, 15) is 4.79 Å². The van der Waals surface area contributed by atoms with Gasteiger partial charge in [0.15, 0.2) is 0 Å². The largest absolute Gasteiger partial charge is 0.494 e. The van der Waals surface area contributed by atoms with E-state index in [4.69, 9.17) is 26.1 Å². The fourth-order valence-corrected chi connectivity index (χ4v) is 4.86. The van der Waals surface area contributed by atoms with Crippen LogP contribution < -0.4 is 4.74 Å². The van der Waals surface area contributed by atoms with Crippen LogP contribution >= 0.6 is 22.9 Å². The Labute approximate surface area is 196 Å². The van der Waals surface area contributed by atoms with Crippen molar-refractivity contribution in [3.63, 3.8) is 0 Å². The van der Waals surface area contributed by atoms with Crippen LogP contribution in [0.2, 0.25) is 5.02 Å². The number of aromatic nitrogens is 2. The molecule has 0 radical (unpaired) electrons. The van der Waals surface area contributed by atoms with E-state index in [1.54, 1.807) is 0 Å². The van der Waals surface area contributed by atoms with Crippen LogP contribution in [-0.2, 0) is 11.3 Å². The Balaban J connectivity index is 1.73. The molecule has 0 spiro atoms. The number of nitrogens with zero attached hydrogens (tertiary/aromatic N) is 2. The minimum Gasteiger partial charge on any atom is -0.494 e. The molecule has 0 saturated carbocycles. The first-order chi connectivity index (χ1) is 15.4. The number of benzene rings is 2. The van der Waals surface area contributed by atoms with Gasteiger partial charge in [-0.05, 0) is 80.8 Å². The van der Waals surface area contributed by atoms with Gasteiger partial charge in [0.1, 0.15) is 16.5 Å². The third-order valence-electron chi connectivity index (χ3n) is 5.27. The summed E-state index contributed by atoms with van der Waals surface area (Å²) in [7, 11) is 0. The number of thiophene rings is 1. The highest BCUT2D eigenvalue weighted by Gasteiger charge is 2.16. The van der Waals surface area contributed by atoms with Crippen LogP contribution in [0.4, 0.5) is 0 Å². The number of imidazole rings is 1. The Hall–Kier alpha value is -2.83. The van der Waals surface area contributed by atoms with Crippen LogP contribution in [0.1, 0.15) is 40.5 Å². The lowest BCUT2D eigenvalue weighted by Gasteiger charge is -2.11. The van der Waals surface area contributed by atoms with Crippen LogP contribution in [-0.4, -0.2) is 28.7 Å². The maximum absolute atomic E-state index is 12.1. The van der Waals surface area contributed by atoms with Gasteiger partial charge >= 0.3 is 5.97 Å². The minimum atomic E-state index is -0.285. The van der Waals surface area contributed by atoms with Gasteiger partial charge in [-0.25, -0.2) is 9.78 Å². The van der Waals surface area contributed by atoms with Crippen molar-refractivity contribution >= 4 is 39.9 Å². The van der Waals surface area contributed by atoms with Gasteiger partial charge in [0, 0.05) is 9.90 Å². The summed E-state index contributed by atoms with van der Waals surface area (Å²) in [5.41, 5.74) is 5.14. The first kappa shape index (κ1) is 22.4. The van der Waals surface area contributed by atoms with E-state index < -0.39 is 0 Å². The molecule has 0 aliphatic carbocycles. The van der Waals surface area contributed by atoms with E-state index in [1.165, 1.54) is 11.3 Å². The van der Waals surface area contributed by atoms with E-state index >= 15 is 0 Å². The van der Waals surface area contributed by atoms with E-state index in [2.05, 4.69) is 23.6 Å². The third kappa shape index (κ3) is 4.38. The van der Waals surface area contributed by atoms with Crippen molar-refractivity contribution in [2.75, 3.05) is 13.2 Å². The van der Waals surface area contributed by atoms with Crippen molar-refractivity contribution in [2.45, 2.75) is 34.2 Å². The molecule has 4 rings (SSSR count). The molecule has 4 aromatic rings. The SMILES string of the molecule is CCOC(=O)c1ccc(-c2cc(C)c3nc(C)n(Cc4ccc(OCC)cc4Cl)c3c2)s1. The average Bonchev–Trinajstić information content (AvgIpc) is 3.36. The van der Waals surface area contributed by atoms with E-state index in [0.29, 0.717) is 29.7 Å². The lowest BCUT2D eigenvalue weighted by molar-refractivity contribution is 0.0532. The van der Waals surface area contributed by atoms with E-state index in [0.717, 1.165) is 44.2 Å². The second-order valence-corrected chi connectivity index (χ2v) is 8.97. The monoisotopic (exact) mass is 468 g/mol. The summed E-state index contributed by atoms with van der Waals surface area (Å²) in [5, 5.41) is 0.669. The number of rotatable bonds is 7. The first-order valence-electron chi connectivity index (χ1n) is 10.6. The molecule has 0 N–H and O–H groups in total. The van der Waals surface area contributed by atoms with Crippen molar-refractivity contribution in [3.8, 4) is 16.2 Å². The van der Waals surface area contributed by atoms with Gasteiger partial charge in [0.05, 0.1) is 30.8 Å². The van der Waals surface area contributed by atoms with Crippen LogP contribution in [0.25, 0.3) is 21.5 Å². The Morgan fingerprint density at radius 2 is 1.91 bits per heavy atom. The number of fused-ring (bicyclic) bond motifs is 1. The summed E-state index contributed by atoms with van der Waals surface area (Å²) < 4.78 is 12.9. The molecule has 2 aromatic carbocycles. The summed E-state index contributed by atoms with van der Waals surface area (Å²) in [6.07, 6.45) is 0. The standard InChI is InChI=1S/C25H25ClN2O3S/c1-5-30-19-8-7-17(20(26)13-19)14-28-16(4)27-24-15(3)11-18(12-21(24)28)22-9-10-23(32-22)25(29)31-6-2/h7-13H,5-6,14H2,1-4H3. The predicted octanol–water partition coefficient (Wildman–Crippen LogP) is 6.66. The number of ether oxygens (including phenoxy) is 2. The number of aryl methyl sites for hydroxylation is 2. The van der Waals surface area contributed by atoms with Gasteiger partial charge in [0.25, 0.3) is 0 Å². The molecular weight excluding hydrogens is 444 g/mol. The van der Waals surface area contributed by atoms with Crippen molar-refractivity contribution in [1.82, 2.24) is 9.55 Å². The molecule has 0 amide bonds. The van der Waals surface area contributed by atoms with Crippen molar-refractivity contribution in [2.24, 2.45) is 0 Å². The smallest absolute Gasteiger partial charge is 0.348 e. The van der Waals surface area contributed by atoms with Gasteiger partial charge < -0.3 is 14.0 Å². The lowest BCUT2D eigenvalue weighted by Crippen LogP contribution is -2.03. The quantitative estimate of drug-likeness (QED) is 0.284. The van der Waals surface area contributed by atoms with Gasteiger partial charge in [-0.1, -0.05) is 17.7 Å². The summed E-state index contributed by atoms with van der Waals surface area (Å²) in [5.74, 6) is 1.40. The van der Waals surface area contributed by atoms with Crippen LogP contribution in [0, 0.1) is 13.8 Å². The zero-order valence-electron chi connectivity index (χ0n) is 18.6. The van der Waals surface area contributed by atoms with Crippen molar-refractivity contribution in [3.05, 3.63) is 69.3 Å². The highest BCUT2D eigenvalue weighted by molar-refractivity contribution is 7.17. The molecular formula is C25H25ClN2O3S. The molecule has 0 unspecified atom stereocenters. The summed E-state index contributed by atoms with van der Waals surface area (Å²) in [6, 6.07) is 13.8. The molecule has 7 heteroatoms. The van der Waals surface area contributed by atoms with Crippen LogP contribution in [0.3, 0.4) is 0 Å². The predicted molar refractivity (Wildman–Crippen MR) is 130 cm³/mol. The molecule has 0 saturated heterocycles. The van der Waals surface area contributed by atoms with Crippen LogP contribution in [0.15, 0.2) is 42.5 Å². The molecule has 0 aliphatic rings. The molecule has 0 atom stereocenters. The summed E-state index contributed by atoms with van der Waals surface area (Å²) in [4.78, 5) is 18.5. The number of esters is 1. The highest BCUT2D eigenvalue weighted by Crippen LogP contribution is 2.34. The second kappa shape index (κ2) is 9.35. The summed E-state index contributed by atoms with van der Waals surface area (Å²) in [6.45, 7) is 9.40. The van der Waals surface area contributed by atoms with Gasteiger partial charge in [-0.15, -0.1) is 11.3 Å². The van der Waals surface area contributed by atoms with Gasteiger partial charge in [-0.2, -0.15) is 0 Å². The number of carbonyl (C=O) groups is 1. The molecule has 2 aromatic heterocycles. The minimum absolute atomic E-state index is 0.285. The molecule has 2 heterocycles. The average molecular weight is 469 g/mol. The van der Waals surface area contributed by atoms with Gasteiger partial charge in [-0.3, -0.25) is 0 Å². The maximum Gasteiger partial charge on any atom is 0.348 e. The molecule has 0 fully saturated rings. The molecule has 5 nitrogen and oxygen atoms in total. The first-order valence-corrected chi connectivity index (χ1v) is 11.8. The Morgan fingerprint density at radius 1 is 1.09 bits per heavy atom. The Kier molecular flexibility index (Phi) is 6.53. The third-order valence-corrected chi connectivity index (χ3v) is 6.73. The number of hydrogen-bond donors (Lipinski definition) is 0. The number of halogens is 1. The molecule has 0 bridgehead atoms. The molecule has 0 aliphatic heterocycles. The Morgan fingerprint density at radius 3 is 2.62 bits per heavy atom. The molecule has 32 heavy (non-hydrogen) atoms. The Bertz CT molecular complexity index is 1290. The zero-order valence-corrected chi connectivity index (χ0v) is 20.1. The van der Waals surface area contributed by atoms with Crippen molar-refractivity contribution in [1.29, 1.82) is 0 Å². The fraction of sp³-hybridized carbons (Fsp3) is 0.280. The normalized spacial score (nSPS) is 11.2. The summed E-state index contributed by atoms with van der Waals surface area (Å²) >= 11 is 7.98.